The third-order valence-electron chi connectivity index (χ3n) is 8.64. The minimum absolute atomic E-state index is 0.00581. The Morgan fingerprint density at radius 3 is 2.68 bits per heavy atom. The second-order valence-electron chi connectivity index (χ2n) is 9.83. The van der Waals surface area contributed by atoms with Crippen LogP contribution in [-0.4, -0.2) is 73.9 Å². The average Bonchev–Trinajstić information content (AvgIpc) is 3.30. The molecule has 5 aliphatic rings. The zero-order chi connectivity index (χ0) is 19.7. The SMILES string of the molecule is C[N@+]1(C(O)C2(O)CC2)CC[C@]23c4c5ccc(O)c4O[C@H]2C(=O)CC[C@@]3(O)[C@H]1C5. The highest BCUT2D eigenvalue weighted by Gasteiger charge is 2.78. The van der Waals surface area contributed by atoms with Gasteiger partial charge >= 0.3 is 0 Å². The van der Waals surface area contributed by atoms with Gasteiger partial charge < -0.3 is 25.2 Å². The van der Waals surface area contributed by atoms with Gasteiger partial charge in [-0.25, -0.2) is 0 Å². The average molecular weight is 388 g/mol. The molecule has 7 nitrogen and oxygen atoms in total. The number of phenolic OH excluding ortho intramolecular Hbond substituents is 1. The molecule has 3 fully saturated rings. The molecule has 4 N–H and O–H groups in total. The number of likely N-dealkylation sites (N-methyl/N-ethyl adjacent to an activating group) is 1. The summed E-state index contributed by atoms with van der Waals surface area (Å²) >= 11 is 0. The molecular weight excluding hydrogens is 362 g/mol. The fourth-order valence-electron chi connectivity index (χ4n) is 7.00. The van der Waals surface area contributed by atoms with E-state index in [9.17, 15) is 25.2 Å². The maximum atomic E-state index is 12.8. The molecule has 2 aliphatic heterocycles. The Kier molecular flexibility index (Phi) is 2.90. The number of piperidine rings is 1. The van der Waals surface area contributed by atoms with Crippen LogP contribution in [0.1, 0.15) is 43.2 Å². The van der Waals surface area contributed by atoms with E-state index in [0.717, 1.165) is 11.1 Å². The molecule has 2 bridgehead atoms. The maximum absolute atomic E-state index is 12.8. The van der Waals surface area contributed by atoms with Crippen LogP contribution in [0.25, 0.3) is 0 Å². The Labute approximate surface area is 162 Å². The lowest BCUT2D eigenvalue weighted by atomic mass is 9.48. The molecule has 0 amide bonds. The first-order valence-corrected chi connectivity index (χ1v) is 10.2. The minimum atomic E-state index is -1.24. The number of likely N-dealkylation sites (tertiary alicyclic amines) is 1. The summed E-state index contributed by atoms with van der Waals surface area (Å²) in [6.45, 7) is 0.526. The number of quaternary nitrogens is 1. The van der Waals surface area contributed by atoms with Crippen LogP contribution in [0, 0.1) is 0 Å². The van der Waals surface area contributed by atoms with Crippen LogP contribution in [0.2, 0.25) is 0 Å². The van der Waals surface area contributed by atoms with Crippen molar-refractivity contribution in [3.8, 4) is 11.5 Å². The summed E-state index contributed by atoms with van der Waals surface area (Å²) < 4.78 is 6.19. The number of carbonyl (C=O) groups is 1. The van der Waals surface area contributed by atoms with Crippen molar-refractivity contribution in [3.63, 3.8) is 0 Å². The van der Waals surface area contributed by atoms with Crippen LogP contribution in [0.15, 0.2) is 12.1 Å². The molecule has 28 heavy (non-hydrogen) atoms. The van der Waals surface area contributed by atoms with Crippen LogP contribution >= 0.6 is 0 Å². The lowest BCUT2D eigenvalue weighted by molar-refractivity contribution is -0.994. The first-order chi connectivity index (χ1) is 13.2. The van der Waals surface area contributed by atoms with Gasteiger partial charge in [-0.1, -0.05) is 6.07 Å². The minimum Gasteiger partial charge on any atom is -0.504 e. The van der Waals surface area contributed by atoms with Gasteiger partial charge in [0.1, 0.15) is 17.2 Å². The lowest BCUT2D eigenvalue weighted by Gasteiger charge is -2.65. The molecule has 6 rings (SSSR count). The third kappa shape index (κ3) is 1.62. The molecule has 1 aromatic carbocycles. The van der Waals surface area contributed by atoms with Crippen molar-refractivity contribution in [1.82, 2.24) is 0 Å². The fourth-order valence-corrected chi connectivity index (χ4v) is 7.00. The summed E-state index contributed by atoms with van der Waals surface area (Å²) in [5.74, 6) is 0.308. The highest BCUT2D eigenvalue weighted by molar-refractivity contribution is 5.90. The molecule has 150 valence electrons. The molecule has 1 spiro atoms. The number of Topliss-reactive ketones (excluding diaryl/α,β-unsaturated/α-hetero) is 1. The van der Waals surface area contributed by atoms with E-state index >= 15 is 0 Å². The predicted octanol–water partition coefficient (Wildman–Crippen LogP) is 0.103. The van der Waals surface area contributed by atoms with Crippen molar-refractivity contribution >= 4 is 5.78 Å². The third-order valence-corrected chi connectivity index (χ3v) is 8.64. The topological polar surface area (TPSA) is 107 Å². The molecule has 0 aromatic heterocycles. The molecule has 2 saturated carbocycles. The number of nitrogens with zero attached hydrogens (tertiary/aromatic N) is 1. The number of aliphatic hydroxyl groups excluding tert-OH is 1. The van der Waals surface area contributed by atoms with Crippen molar-refractivity contribution < 1.29 is 34.4 Å². The van der Waals surface area contributed by atoms with Gasteiger partial charge in [0.25, 0.3) is 0 Å². The number of benzene rings is 1. The number of aromatic hydroxyl groups is 1. The van der Waals surface area contributed by atoms with Crippen molar-refractivity contribution in [1.29, 1.82) is 0 Å². The summed E-state index contributed by atoms with van der Waals surface area (Å²) in [5, 5.41) is 44.4. The van der Waals surface area contributed by atoms with Gasteiger partial charge in [0, 0.05) is 24.8 Å². The van der Waals surface area contributed by atoms with Crippen molar-refractivity contribution in [2.45, 2.75) is 73.5 Å². The zero-order valence-electron chi connectivity index (χ0n) is 15.9. The highest BCUT2D eigenvalue weighted by Crippen LogP contribution is 2.66. The smallest absolute Gasteiger partial charge is 0.220 e. The van der Waals surface area contributed by atoms with E-state index in [0.29, 0.717) is 44.4 Å². The van der Waals surface area contributed by atoms with Crippen LogP contribution < -0.4 is 4.74 Å². The predicted molar refractivity (Wildman–Crippen MR) is 96.7 cm³/mol. The molecule has 1 aromatic rings. The quantitative estimate of drug-likeness (QED) is 0.536. The van der Waals surface area contributed by atoms with Gasteiger partial charge in [-0.05, 0) is 30.9 Å². The molecule has 3 aliphatic carbocycles. The number of hydrogen-bond acceptors (Lipinski definition) is 6. The molecule has 6 atom stereocenters. The number of ether oxygens (including phenoxy) is 1. The molecule has 1 unspecified atom stereocenters. The van der Waals surface area contributed by atoms with E-state index < -0.39 is 28.9 Å². The van der Waals surface area contributed by atoms with Crippen LogP contribution in [-0.2, 0) is 16.6 Å². The van der Waals surface area contributed by atoms with Crippen LogP contribution in [0.4, 0.5) is 0 Å². The summed E-state index contributed by atoms with van der Waals surface area (Å²) in [7, 11) is 1.92. The zero-order valence-corrected chi connectivity index (χ0v) is 15.9. The monoisotopic (exact) mass is 388 g/mol. The summed E-state index contributed by atoms with van der Waals surface area (Å²) in [6.07, 6.45) is 0.849. The van der Waals surface area contributed by atoms with Crippen molar-refractivity contribution in [3.05, 3.63) is 23.3 Å². The normalized spacial score (nSPS) is 45.2. The van der Waals surface area contributed by atoms with Gasteiger partial charge in [0.2, 0.25) is 6.23 Å². The van der Waals surface area contributed by atoms with E-state index in [2.05, 4.69) is 0 Å². The van der Waals surface area contributed by atoms with Gasteiger partial charge in [-0.2, -0.15) is 0 Å². The second kappa shape index (κ2) is 4.73. The number of ketones is 1. The molecular formula is C21H26NO6+. The Morgan fingerprint density at radius 1 is 1.21 bits per heavy atom. The first-order valence-electron chi connectivity index (χ1n) is 10.2. The summed E-state index contributed by atoms with van der Waals surface area (Å²) in [6, 6.07) is 3.08. The Bertz CT molecular complexity index is 928. The number of rotatable bonds is 2. The molecule has 7 heteroatoms. The van der Waals surface area contributed by atoms with Gasteiger partial charge in [-0.15, -0.1) is 0 Å². The first kappa shape index (κ1) is 17.2. The van der Waals surface area contributed by atoms with Crippen LogP contribution in [0.3, 0.4) is 0 Å². The Balaban J connectivity index is 1.60. The second-order valence-corrected chi connectivity index (χ2v) is 9.83. The molecule has 0 radical (unpaired) electrons. The van der Waals surface area contributed by atoms with Crippen molar-refractivity contribution in [2.75, 3.05) is 13.6 Å². The summed E-state index contributed by atoms with van der Waals surface area (Å²) in [4.78, 5) is 12.8. The number of phenols is 1. The van der Waals surface area contributed by atoms with Crippen LogP contribution in [0.5, 0.6) is 11.5 Å². The summed E-state index contributed by atoms with van der Waals surface area (Å²) in [5.41, 5.74) is -1.48. The largest absolute Gasteiger partial charge is 0.504 e. The van der Waals surface area contributed by atoms with Gasteiger partial charge in [-0.3, -0.25) is 9.28 Å². The Hall–Kier alpha value is -1.67. The van der Waals surface area contributed by atoms with Crippen molar-refractivity contribution in [2.24, 2.45) is 0 Å². The maximum Gasteiger partial charge on any atom is 0.220 e. The Morgan fingerprint density at radius 2 is 1.96 bits per heavy atom. The lowest BCUT2D eigenvalue weighted by Crippen LogP contribution is -2.83. The number of hydrogen-bond donors (Lipinski definition) is 4. The van der Waals surface area contributed by atoms with E-state index in [1.807, 2.05) is 13.1 Å². The van der Waals surface area contributed by atoms with E-state index in [4.69, 9.17) is 4.74 Å². The van der Waals surface area contributed by atoms with Gasteiger partial charge in [0.05, 0.1) is 19.0 Å². The van der Waals surface area contributed by atoms with Gasteiger partial charge in [0.15, 0.2) is 23.4 Å². The number of aliphatic hydroxyl groups is 3. The molecule has 1 saturated heterocycles. The van der Waals surface area contributed by atoms with E-state index in [1.165, 1.54) is 0 Å². The molecule has 2 heterocycles. The number of carbonyl (C=O) groups excluding carboxylic acids is 1. The van der Waals surface area contributed by atoms with E-state index in [-0.39, 0.29) is 28.5 Å². The van der Waals surface area contributed by atoms with E-state index in [1.54, 1.807) is 6.07 Å². The standard InChI is InChI=1S/C21H25NO6/c1-22(18(25)19(26)6-7-19)9-8-20-15-11-2-3-12(23)16(15)28-17(20)13(24)4-5-21(20,27)14(22)10-11/h2-3,14,17-18,25-27H,4-10H2,1H3/p+1/t14-,17+,18?,20+,21-,22+/m1/s1. The highest BCUT2D eigenvalue weighted by atomic mass is 16.5. The fraction of sp³-hybridized carbons (Fsp3) is 0.667.